The van der Waals surface area contributed by atoms with E-state index in [1.54, 1.807) is 30.3 Å². The van der Waals surface area contributed by atoms with Crippen LogP contribution in [0.4, 0.5) is 4.79 Å². The quantitative estimate of drug-likeness (QED) is 0.268. The van der Waals surface area contributed by atoms with Crippen molar-refractivity contribution in [2.24, 2.45) is 0 Å². The molecule has 1 saturated heterocycles. The van der Waals surface area contributed by atoms with Crippen molar-refractivity contribution in [1.82, 2.24) is 5.32 Å². The van der Waals surface area contributed by atoms with E-state index in [-0.39, 0.29) is 6.54 Å². The predicted molar refractivity (Wildman–Crippen MR) is 92.9 cm³/mol. The maximum atomic E-state index is 12.0. The van der Waals surface area contributed by atoms with E-state index < -0.39 is 52.7 Å². The highest BCUT2D eigenvalue weighted by molar-refractivity contribution is 7.46. The van der Waals surface area contributed by atoms with Crippen LogP contribution >= 0.6 is 15.6 Å². The SMILES string of the molecule is [B][C@@H]1O[C@H](COP(=O)(O)O)C(OP(=O)(O)O)[C@@H]1OC(=O)NCc1ccccc1. The van der Waals surface area contributed by atoms with E-state index in [9.17, 15) is 13.9 Å². The minimum absolute atomic E-state index is 0.108. The highest BCUT2D eigenvalue weighted by Gasteiger charge is 2.49. The fourth-order valence-electron chi connectivity index (χ4n) is 2.42. The first-order chi connectivity index (χ1) is 12.9. The lowest BCUT2D eigenvalue weighted by molar-refractivity contribution is -0.0106. The molecule has 2 radical (unpaired) electrons. The Hall–Kier alpha value is -1.27. The summed E-state index contributed by atoms with van der Waals surface area (Å²) in [6.07, 6.45) is -5.50. The molecule has 0 aliphatic carbocycles. The molecular weight excluding hydrogens is 419 g/mol. The maximum Gasteiger partial charge on any atom is 0.470 e. The Morgan fingerprint density at radius 2 is 1.75 bits per heavy atom. The van der Waals surface area contributed by atoms with E-state index in [2.05, 4.69) is 14.4 Å². The van der Waals surface area contributed by atoms with E-state index >= 15 is 0 Å². The molecular formula is C13H18BNO11P2. The average molecular weight is 437 g/mol. The van der Waals surface area contributed by atoms with Gasteiger partial charge < -0.3 is 34.4 Å². The Kier molecular flexibility index (Phi) is 7.80. The molecule has 1 unspecified atom stereocenters. The van der Waals surface area contributed by atoms with Gasteiger partial charge in [0, 0.05) is 6.54 Å². The number of hydrogen-bond acceptors (Lipinski definition) is 7. The molecule has 1 aliphatic heterocycles. The first kappa shape index (κ1) is 23.0. The zero-order valence-corrected chi connectivity index (χ0v) is 16.0. The Labute approximate surface area is 161 Å². The van der Waals surface area contributed by atoms with Gasteiger partial charge in [0.25, 0.3) is 0 Å². The highest BCUT2D eigenvalue weighted by Crippen LogP contribution is 2.43. The molecule has 154 valence electrons. The van der Waals surface area contributed by atoms with Gasteiger partial charge in [-0.05, 0) is 5.56 Å². The molecule has 28 heavy (non-hydrogen) atoms. The summed E-state index contributed by atoms with van der Waals surface area (Å²) in [5.41, 5.74) is 0.766. The van der Waals surface area contributed by atoms with Gasteiger partial charge in [-0.25, -0.2) is 13.9 Å². The molecule has 1 aromatic carbocycles. The van der Waals surface area contributed by atoms with Gasteiger partial charge in [0.1, 0.15) is 20.1 Å². The zero-order chi connectivity index (χ0) is 20.9. The summed E-state index contributed by atoms with van der Waals surface area (Å²) < 4.78 is 41.0. The minimum Gasteiger partial charge on any atom is -0.441 e. The fourth-order valence-corrected chi connectivity index (χ4v) is 3.33. The van der Waals surface area contributed by atoms with Crippen molar-refractivity contribution in [2.75, 3.05) is 6.61 Å². The molecule has 1 amide bonds. The van der Waals surface area contributed by atoms with Crippen molar-refractivity contribution in [3.63, 3.8) is 0 Å². The second-order valence-corrected chi connectivity index (χ2v) is 8.13. The van der Waals surface area contributed by atoms with Crippen molar-refractivity contribution in [1.29, 1.82) is 0 Å². The van der Waals surface area contributed by atoms with Gasteiger partial charge in [-0.2, -0.15) is 0 Å². The van der Waals surface area contributed by atoms with E-state index in [0.29, 0.717) is 0 Å². The molecule has 1 aliphatic rings. The van der Waals surface area contributed by atoms with E-state index in [4.69, 9.17) is 36.9 Å². The summed E-state index contributed by atoms with van der Waals surface area (Å²) in [4.78, 5) is 47.6. The Bertz CT molecular complexity index is 754. The summed E-state index contributed by atoms with van der Waals surface area (Å²) >= 11 is 0. The number of amides is 1. The van der Waals surface area contributed by atoms with Crippen LogP contribution in [0.3, 0.4) is 0 Å². The molecule has 1 fully saturated rings. The van der Waals surface area contributed by atoms with Crippen LogP contribution in [0.1, 0.15) is 5.56 Å². The van der Waals surface area contributed by atoms with Gasteiger partial charge >= 0.3 is 21.7 Å². The van der Waals surface area contributed by atoms with Gasteiger partial charge in [-0.15, -0.1) is 0 Å². The van der Waals surface area contributed by atoms with Crippen LogP contribution < -0.4 is 5.32 Å². The number of benzene rings is 1. The van der Waals surface area contributed by atoms with Crippen molar-refractivity contribution >= 4 is 29.6 Å². The number of carbonyl (C=O) groups is 1. The largest absolute Gasteiger partial charge is 0.470 e. The number of alkyl carbamates (subject to hydrolysis) is 1. The first-order valence-corrected chi connectivity index (χ1v) is 10.8. The molecule has 1 heterocycles. The molecule has 0 saturated carbocycles. The first-order valence-electron chi connectivity index (χ1n) is 7.78. The van der Waals surface area contributed by atoms with Crippen LogP contribution in [0.15, 0.2) is 30.3 Å². The number of ether oxygens (including phenoxy) is 2. The summed E-state index contributed by atoms with van der Waals surface area (Å²) in [5.74, 6) is 0. The van der Waals surface area contributed by atoms with Crippen LogP contribution in [-0.2, 0) is 34.2 Å². The number of rotatable bonds is 8. The van der Waals surface area contributed by atoms with Crippen molar-refractivity contribution < 1.29 is 52.0 Å². The summed E-state index contributed by atoms with van der Waals surface area (Å²) in [6.45, 7) is -0.703. The predicted octanol–water partition coefficient (Wildman–Crippen LogP) is -0.238. The van der Waals surface area contributed by atoms with Crippen LogP contribution in [0.5, 0.6) is 0 Å². The van der Waals surface area contributed by atoms with Crippen LogP contribution in [0, 0.1) is 0 Å². The Morgan fingerprint density at radius 3 is 2.32 bits per heavy atom. The summed E-state index contributed by atoms with van der Waals surface area (Å²) in [6, 6.07) is 7.43. The fraction of sp³-hybridized carbons (Fsp3) is 0.462. The van der Waals surface area contributed by atoms with Crippen molar-refractivity contribution in [2.45, 2.75) is 30.9 Å². The van der Waals surface area contributed by atoms with Crippen LogP contribution in [0.2, 0.25) is 0 Å². The smallest absolute Gasteiger partial charge is 0.441 e. The lowest BCUT2D eigenvalue weighted by Gasteiger charge is -2.24. The molecule has 1 aromatic rings. The molecule has 12 nitrogen and oxygen atoms in total. The minimum atomic E-state index is -5.08. The third-order valence-electron chi connectivity index (χ3n) is 3.53. The molecule has 15 heteroatoms. The van der Waals surface area contributed by atoms with E-state index in [1.807, 2.05) is 0 Å². The summed E-state index contributed by atoms with van der Waals surface area (Å²) in [7, 11) is -4.32. The number of hydrogen-bond donors (Lipinski definition) is 5. The molecule has 0 spiro atoms. The third kappa shape index (κ3) is 7.63. The standard InChI is InChI=1S/C13H18BNO11P2/c14-12-11(25-13(16)15-6-8-4-2-1-3-5-8)10(26-28(20,21)22)9(24-12)7-23-27(17,18)19/h1-5,9-12H,6-7H2,(H,15,16)(H2,17,18,19)(H2,20,21,22)/t9-,10?,11+,12-/m1/s1. The zero-order valence-electron chi connectivity index (χ0n) is 14.2. The van der Waals surface area contributed by atoms with Gasteiger partial charge in [0.05, 0.1) is 12.6 Å². The second-order valence-electron chi connectivity index (χ2n) is 5.70. The lowest BCUT2D eigenvalue weighted by atomic mass is 9.93. The summed E-state index contributed by atoms with van der Waals surface area (Å²) in [5, 5.41) is 2.42. The van der Waals surface area contributed by atoms with Gasteiger partial charge in [0.2, 0.25) is 0 Å². The molecule has 4 atom stereocenters. The Morgan fingerprint density at radius 1 is 1.11 bits per heavy atom. The van der Waals surface area contributed by atoms with Crippen LogP contribution in [0.25, 0.3) is 0 Å². The Balaban J connectivity index is 2.03. The normalized spacial score (nSPS) is 25.4. The number of phosphoric acid groups is 2. The van der Waals surface area contributed by atoms with Crippen molar-refractivity contribution in [3.05, 3.63) is 35.9 Å². The second kappa shape index (κ2) is 9.49. The molecule has 5 N–H and O–H groups in total. The van der Waals surface area contributed by atoms with E-state index in [0.717, 1.165) is 5.56 Å². The number of nitrogens with one attached hydrogen (secondary N) is 1. The van der Waals surface area contributed by atoms with Gasteiger partial charge in [-0.1, -0.05) is 30.3 Å². The van der Waals surface area contributed by atoms with E-state index in [1.165, 1.54) is 0 Å². The lowest BCUT2D eigenvalue weighted by Crippen LogP contribution is -2.42. The van der Waals surface area contributed by atoms with Gasteiger partial charge in [0.15, 0.2) is 6.10 Å². The topological polar surface area (TPSA) is 181 Å². The van der Waals surface area contributed by atoms with Gasteiger partial charge in [-0.3, -0.25) is 9.05 Å². The van der Waals surface area contributed by atoms with Crippen molar-refractivity contribution in [3.8, 4) is 0 Å². The molecule has 0 bridgehead atoms. The average Bonchev–Trinajstić information content (AvgIpc) is 2.85. The molecule has 0 aromatic heterocycles. The molecule has 2 rings (SSSR count). The monoisotopic (exact) mass is 437 g/mol. The third-order valence-corrected chi connectivity index (χ3v) is 4.54. The van der Waals surface area contributed by atoms with Crippen LogP contribution in [-0.4, -0.2) is 64.4 Å². The highest BCUT2D eigenvalue weighted by atomic mass is 31.2. The maximum absolute atomic E-state index is 12.0. The number of carbonyl (C=O) groups excluding carboxylic acids is 1. The number of phosphoric ester groups is 2.